The van der Waals surface area contributed by atoms with Crippen LogP contribution in [0.2, 0.25) is 0 Å². The average molecular weight is 689 g/mol. The van der Waals surface area contributed by atoms with Gasteiger partial charge in [0, 0.05) is 35.9 Å². The first-order chi connectivity index (χ1) is 26.7. The Labute approximate surface area is 316 Å². The minimum Gasteiger partial charge on any atom is -0.264 e. The molecule has 254 valence electrons. The molecule has 0 aliphatic carbocycles. The summed E-state index contributed by atoms with van der Waals surface area (Å²) in [5, 5.41) is 0. The molecule has 0 bridgehead atoms. The summed E-state index contributed by atoms with van der Waals surface area (Å²) < 4.78 is 0. The summed E-state index contributed by atoms with van der Waals surface area (Å²) in [6.45, 7) is 0. The third-order valence-electron chi connectivity index (χ3n) is 9.99. The SMILES string of the molecule is c1ccc(-c2cc(-c3ccccc3)cc(-c3cccc(-c4cccc(-c5cccc(-c6cc(-c7cccnc7)cc(-c7cccnc7)c6)c5)c4)c3)c2)cc1. The fraction of sp³-hybridized carbons (Fsp3) is 0. The standard InChI is InChI=1S/C52H36N2/c1-3-12-37(13-4-1)47-29-48(38-14-5-2-6-15-38)31-49(30-47)43-20-8-18-41(27-43)39-16-7-17-40(26-39)42-19-9-21-44(28-42)50-32-51(45-22-10-24-53-35-45)34-52(33-50)46-23-11-25-54-36-46/h1-36H. The molecule has 0 unspecified atom stereocenters. The van der Waals surface area contributed by atoms with E-state index in [-0.39, 0.29) is 0 Å². The lowest BCUT2D eigenvalue weighted by molar-refractivity contribution is 1.32. The number of rotatable bonds is 8. The maximum absolute atomic E-state index is 4.40. The number of benzene rings is 7. The molecule has 0 radical (unpaired) electrons. The normalized spacial score (nSPS) is 11.0. The van der Waals surface area contributed by atoms with E-state index in [9.17, 15) is 0 Å². The van der Waals surface area contributed by atoms with Crippen molar-refractivity contribution in [2.75, 3.05) is 0 Å². The molecule has 2 heteroatoms. The van der Waals surface area contributed by atoms with E-state index in [4.69, 9.17) is 0 Å². The summed E-state index contributed by atoms with van der Waals surface area (Å²) in [5.74, 6) is 0. The predicted octanol–water partition coefficient (Wildman–Crippen LogP) is 13.8. The quantitative estimate of drug-likeness (QED) is 0.159. The smallest absolute Gasteiger partial charge is 0.0346 e. The Morgan fingerprint density at radius 2 is 0.426 bits per heavy atom. The van der Waals surface area contributed by atoms with Crippen LogP contribution in [0.4, 0.5) is 0 Å². The van der Waals surface area contributed by atoms with Crippen molar-refractivity contribution in [3.63, 3.8) is 0 Å². The molecule has 0 atom stereocenters. The van der Waals surface area contributed by atoms with Crippen molar-refractivity contribution in [1.29, 1.82) is 0 Å². The lowest BCUT2D eigenvalue weighted by Gasteiger charge is -2.13. The molecule has 7 aromatic carbocycles. The second-order valence-electron chi connectivity index (χ2n) is 13.6. The minimum absolute atomic E-state index is 1.08. The van der Waals surface area contributed by atoms with Crippen LogP contribution in [0.1, 0.15) is 0 Å². The van der Waals surface area contributed by atoms with Crippen LogP contribution < -0.4 is 0 Å². The van der Waals surface area contributed by atoms with E-state index >= 15 is 0 Å². The second-order valence-corrected chi connectivity index (χ2v) is 13.6. The highest BCUT2D eigenvalue weighted by Crippen LogP contribution is 2.37. The second kappa shape index (κ2) is 14.8. The van der Waals surface area contributed by atoms with Gasteiger partial charge in [0.15, 0.2) is 0 Å². The van der Waals surface area contributed by atoms with Crippen LogP contribution >= 0.6 is 0 Å². The van der Waals surface area contributed by atoms with E-state index in [2.05, 4.69) is 192 Å². The van der Waals surface area contributed by atoms with Gasteiger partial charge in [-0.05, 0) is 145 Å². The van der Waals surface area contributed by atoms with Gasteiger partial charge in [-0.25, -0.2) is 0 Å². The molecule has 0 saturated carbocycles. The monoisotopic (exact) mass is 688 g/mol. The Balaban J connectivity index is 1.08. The molecule has 0 fully saturated rings. The van der Waals surface area contributed by atoms with Crippen molar-refractivity contribution < 1.29 is 0 Å². The molecule has 0 saturated heterocycles. The highest BCUT2D eigenvalue weighted by atomic mass is 14.6. The molecule has 9 rings (SSSR count). The zero-order valence-corrected chi connectivity index (χ0v) is 29.7. The van der Waals surface area contributed by atoms with Gasteiger partial charge in [-0.3, -0.25) is 9.97 Å². The van der Waals surface area contributed by atoms with Crippen molar-refractivity contribution in [2.24, 2.45) is 0 Å². The van der Waals surface area contributed by atoms with Crippen molar-refractivity contribution in [3.8, 4) is 89.0 Å². The number of nitrogens with zero attached hydrogens (tertiary/aromatic N) is 2. The summed E-state index contributed by atoms with van der Waals surface area (Å²) >= 11 is 0. The third-order valence-corrected chi connectivity index (χ3v) is 9.99. The Bertz CT molecular complexity index is 2390. The van der Waals surface area contributed by atoms with Gasteiger partial charge in [-0.2, -0.15) is 0 Å². The predicted molar refractivity (Wildman–Crippen MR) is 226 cm³/mol. The first-order valence-corrected chi connectivity index (χ1v) is 18.3. The van der Waals surface area contributed by atoms with Crippen LogP contribution in [0.5, 0.6) is 0 Å². The molecular formula is C52H36N2. The van der Waals surface area contributed by atoms with Crippen molar-refractivity contribution in [2.45, 2.75) is 0 Å². The van der Waals surface area contributed by atoms with Crippen molar-refractivity contribution in [1.82, 2.24) is 9.97 Å². The molecule has 54 heavy (non-hydrogen) atoms. The van der Waals surface area contributed by atoms with Gasteiger partial charge in [0.2, 0.25) is 0 Å². The molecule has 0 N–H and O–H groups in total. The van der Waals surface area contributed by atoms with Crippen LogP contribution in [0, 0.1) is 0 Å². The van der Waals surface area contributed by atoms with Gasteiger partial charge in [0.05, 0.1) is 0 Å². The molecule has 9 aromatic rings. The molecule has 2 aromatic heterocycles. The minimum atomic E-state index is 1.08. The third kappa shape index (κ3) is 7.01. The zero-order chi connectivity index (χ0) is 36.1. The Morgan fingerprint density at radius 1 is 0.185 bits per heavy atom. The maximum Gasteiger partial charge on any atom is 0.0346 e. The highest BCUT2D eigenvalue weighted by Gasteiger charge is 2.12. The van der Waals surface area contributed by atoms with E-state index in [1.165, 1.54) is 55.6 Å². The van der Waals surface area contributed by atoms with Crippen LogP contribution in [0.25, 0.3) is 89.0 Å². The number of aromatic nitrogens is 2. The maximum atomic E-state index is 4.40. The van der Waals surface area contributed by atoms with Crippen molar-refractivity contribution >= 4 is 0 Å². The van der Waals surface area contributed by atoms with Gasteiger partial charge < -0.3 is 0 Å². The molecule has 0 aliphatic heterocycles. The lowest BCUT2D eigenvalue weighted by atomic mass is 9.91. The van der Waals surface area contributed by atoms with E-state index < -0.39 is 0 Å². The first-order valence-electron chi connectivity index (χ1n) is 18.3. The average Bonchev–Trinajstić information content (AvgIpc) is 3.27. The number of hydrogen-bond donors (Lipinski definition) is 0. The van der Waals surface area contributed by atoms with Gasteiger partial charge in [-0.1, -0.05) is 127 Å². The summed E-state index contributed by atoms with van der Waals surface area (Å²) in [6.07, 6.45) is 7.47. The molecule has 0 amide bonds. The highest BCUT2D eigenvalue weighted by molar-refractivity contribution is 5.85. The van der Waals surface area contributed by atoms with Crippen LogP contribution in [-0.4, -0.2) is 9.97 Å². The van der Waals surface area contributed by atoms with Gasteiger partial charge in [-0.15, -0.1) is 0 Å². The lowest BCUT2D eigenvalue weighted by Crippen LogP contribution is -1.88. The van der Waals surface area contributed by atoms with Gasteiger partial charge in [0.25, 0.3) is 0 Å². The van der Waals surface area contributed by atoms with Crippen LogP contribution in [0.3, 0.4) is 0 Å². The molecule has 0 spiro atoms. The summed E-state index contributed by atoms with van der Waals surface area (Å²) in [4.78, 5) is 8.79. The first kappa shape index (κ1) is 32.7. The fourth-order valence-corrected chi connectivity index (χ4v) is 7.22. The van der Waals surface area contributed by atoms with E-state index in [0.717, 1.165) is 33.4 Å². The fourth-order valence-electron chi connectivity index (χ4n) is 7.22. The van der Waals surface area contributed by atoms with E-state index in [1.54, 1.807) is 0 Å². The number of pyridine rings is 2. The van der Waals surface area contributed by atoms with Gasteiger partial charge >= 0.3 is 0 Å². The Kier molecular flexibility index (Phi) is 8.99. The topological polar surface area (TPSA) is 25.8 Å². The molecule has 2 heterocycles. The molecule has 0 aliphatic rings. The van der Waals surface area contributed by atoms with E-state index in [0.29, 0.717) is 0 Å². The largest absolute Gasteiger partial charge is 0.264 e. The Hall–Kier alpha value is -7.16. The van der Waals surface area contributed by atoms with Crippen LogP contribution in [-0.2, 0) is 0 Å². The summed E-state index contributed by atoms with van der Waals surface area (Å²) in [7, 11) is 0. The van der Waals surface area contributed by atoms with Crippen LogP contribution in [0.15, 0.2) is 219 Å². The Morgan fingerprint density at radius 3 is 0.741 bits per heavy atom. The van der Waals surface area contributed by atoms with E-state index in [1.807, 2.05) is 36.9 Å². The number of hydrogen-bond acceptors (Lipinski definition) is 2. The summed E-state index contributed by atoms with van der Waals surface area (Å²) in [5.41, 5.74) is 18.6. The molecular weight excluding hydrogens is 653 g/mol. The van der Waals surface area contributed by atoms with Gasteiger partial charge in [0.1, 0.15) is 0 Å². The van der Waals surface area contributed by atoms with Crippen molar-refractivity contribution in [3.05, 3.63) is 219 Å². The molecule has 2 nitrogen and oxygen atoms in total. The summed E-state index contributed by atoms with van der Waals surface area (Å²) in [6, 6.07) is 69.8. The zero-order valence-electron chi connectivity index (χ0n) is 29.7.